The number of amides is 1. The van der Waals surface area contributed by atoms with Crippen LogP contribution in [0.2, 0.25) is 0 Å². The summed E-state index contributed by atoms with van der Waals surface area (Å²) >= 11 is 0. The Morgan fingerprint density at radius 1 is 1.04 bits per heavy atom. The SMILES string of the molecule is CC(NC(=O)c1ccccc1)C(=O)OCC(=O)c1c[nH]c2ccccc12. The van der Waals surface area contributed by atoms with Crippen LogP contribution in [-0.4, -0.2) is 35.3 Å². The highest BCUT2D eigenvalue weighted by atomic mass is 16.5. The molecule has 0 saturated heterocycles. The molecule has 0 saturated carbocycles. The predicted molar refractivity (Wildman–Crippen MR) is 97.0 cm³/mol. The molecule has 0 aliphatic rings. The minimum absolute atomic E-state index is 0.308. The van der Waals surface area contributed by atoms with E-state index in [0.29, 0.717) is 11.1 Å². The summed E-state index contributed by atoms with van der Waals surface area (Å²) in [7, 11) is 0. The molecule has 6 heteroatoms. The highest BCUT2D eigenvalue weighted by Gasteiger charge is 2.20. The molecule has 1 unspecified atom stereocenters. The second kappa shape index (κ2) is 7.65. The summed E-state index contributed by atoms with van der Waals surface area (Å²) in [4.78, 5) is 39.4. The number of carbonyl (C=O) groups excluding carboxylic acids is 3. The number of aromatic amines is 1. The molecule has 1 atom stereocenters. The fourth-order valence-electron chi connectivity index (χ4n) is 2.57. The molecule has 3 rings (SSSR count). The Bertz CT molecular complexity index is 947. The van der Waals surface area contributed by atoms with Crippen molar-refractivity contribution >= 4 is 28.6 Å². The van der Waals surface area contributed by atoms with Crippen LogP contribution < -0.4 is 5.32 Å². The normalized spacial score (nSPS) is 11.7. The lowest BCUT2D eigenvalue weighted by molar-refractivity contribution is -0.144. The minimum atomic E-state index is -0.863. The zero-order chi connectivity index (χ0) is 18.5. The third-order valence-electron chi connectivity index (χ3n) is 3.97. The van der Waals surface area contributed by atoms with Crippen LogP contribution in [0.15, 0.2) is 60.8 Å². The third-order valence-corrected chi connectivity index (χ3v) is 3.97. The van der Waals surface area contributed by atoms with Crippen LogP contribution >= 0.6 is 0 Å². The maximum absolute atomic E-state index is 12.3. The van der Waals surface area contributed by atoms with Gasteiger partial charge in [0.15, 0.2) is 6.61 Å². The average molecular weight is 350 g/mol. The van der Waals surface area contributed by atoms with Gasteiger partial charge in [0.1, 0.15) is 6.04 Å². The molecule has 1 aromatic heterocycles. The summed E-state index contributed by atoms with van der Waals surface area (Å²) in [5.74, 6) is -1.35. The van der Waals surface area contributed by atoms with Crippen molar-refractivity contribution in [3.05, 3.63) is 71.9 Å². The molecule has 3 aromatic rings. The summed E-state index contributed by atoms with van der Waals surface area (Å²) in [6, 6.07) is 15.1. The van der Waals surface area contributed by atoms with Gasteiger partial charge in [0.2, 0.25) is 5.78 Å². The summed E-state index contributed by atoms with van der Waals surface area (Å²) in [6.07, 6.45) is 1.60. The average Bonchev–Trinajstić information content (AvgIpc) is 3.10. The first-order valence-corrected chi connectivity index (χ1v) is 8.18. The highest BCUT2D eigenvalue weighted by molar-refractivity contribution is 6.09. The Hall–Kier alpha value is -3.41. The van der Waals surface area contributed by atoms with Gasteiger partial charge in [-0.25, -0.2) is 4.79 Å². The number of nitrogens with one attached hydrogen (secondary N) is 2. The second-order valence-corrected chi connectivity index (χ2v) is 5.84. The van der Waals surface area contributed by atoms with Crippen LogP contribution in [0.1, 0.15) is 27.6 Å². The van der Waals surface area contributed by atoms with Gasteiger partial charge in [-0.3, -0.25) is 9.59 Å². The van der Waals surface area contributed by atoms with Crippen molar-refractivity contribution in [1.29, 1.82) is 0 Å². The Labute approximate surface area is 150 Å². The molecule has 0 aliphatic carbocycles. The van der Waals surface area contributed by atoms with Crippen LogP contribution in [0.3, 0.4) is 0 Å². The Balaban J connectivity index is 1.56. The number of rotatable bonds is 6. The van der Waals surface area contributed by atoms with Crippen LogP contribution in [0, 0.1) is 0 Å². The molecular formula is C20H18N2O4. The van der Waals surface area contributed by atoms with Gasteiger partial charge in [-0.2, -0.15) is 0 Å². The van der Waals surface area contributed by atoms with Crippen molar-refractivity contribution in [3.63, 3.8) is 0 Å². The molecule has 0 bridgehead atoms. The van der Waals surface area contributed by atoms with E-state index in [4.69, 9.17) is 4.74 Å². The van der Waals surface area contributed by atoms with Gasteiger partial charge in [-0.15, -0.1) is 0 Å². The molecule has 0 radical (unpaired) electrons. The summed E-state index contributed by atoms with van der Waals surface area (Å²) in [5.41, 5.74) is 1.75. The Morgan fingerprint density at radius 2 is 1.73 bits per heavy atom. The number of Topliss-reactive ketones (excluding diaryl/α,β-unsaturated/α-hetero) is 1. The number of aromatic nitrogens is 1. The summed E-state index contributed by atoms with van der Waals surface area (Å²) < 4.78 is 5.06. The standard InChI is InChI=1S/C20H18N2O4/c1-13(22-19(24)14-7-3-2-4-8-14)20(25)26-12-18(23)16-11-21-17-10-6-5-9-15(16)17/h2-11,13,21H,12H2,1H3,(H,22,24). The fourth-order valence-corrected chi connectivity index (χ4v) is 2.57. The van der Waals surface area contributed by atoms with Crippen LogP contribution in [0.5, 0.6) is 0 Å². The van der Waals surface area contributed by atoms with Crippen LogP contribution in [0.25, 0.3) is 10.9 Å². The number of para-hydroxylation sites is 1. The smallest absolute Gasteiger partial charge is 0.328 e. The monoisotopic (exact) mass is 350 g/mol. The van der Waals surface area contributed by atoms with E-state index in [9.17, 15) is 14.4 Å². The summed E-state index contributed by atoms with van der Waals surface area (Å²) in [6.45, 7) is 1.13. The van der Waals surface area contributed by atoms with E-state index >= 15 is 0 Å². The molecular weight excluding hydrogens is 332 g/mol. The van der Waals surface area contributed by atoms with Crippen molar-refractivity contribution in [1.82, 2.24) is 10.3 Å². The number of esters is 1. The molecule has 1 heterocycles. The van der Waals surface area contributed by atoms with Crippen molar-refractivity contribution in [3.8, 4) is 0 Å². The zero-order valence-corrected chi connectivity index (χ0v) is 14.2. The first-order valence-electron chi connectivity index (χ1n) is 8.18. The Kier molecular flexibility index (Phi) is 5.12. The molecule has 26 heavy (non-hydrogen) atoms. The van der Waals surface area contributed by atoms with Crippen molar-refractivity contribution < 1.29 is 19.1 Å². The third kappa shape index (κ3) is 3.80. The quantitative estimate of drug-likeness (QED) is 0.528. The number of carbonyl (C=O) groups is 3. The molecule has 0 fully saturated rings. The van der Waals surface area contributed by atoms with E-state index in [1.807, 2.05) is 24.3 Å². The second-order valence-electron chi connectivity index (χ2n) is 5.84. The Morgan fingerprint density at radius 3 is 2.50 bits per heavy atom. The lowest BCUT2D eigenvalue weighted by Gasteiger charge is -2.13. The van der Waals surface area contributed by atoms with E-state index in [1.165, 1.54) is 6.92 Å². The number of H-pyrrole nitrogens is 1. The van der Waals surface area contributed by atoms with E-state index in [-0.39, 0.29) is 18.3 Å². The van der Waals surface area contributed by atoms with Gasteiger partial charge in [0, 0.05) is 28.2 Å². The van der Waals surface area contributed by atoms with Gasteiger partial charge >= 0.3 is 5.97 Å². The van der Waals surface area contributed by atoms with E-state index in [0.717, 1.165) is 10.9 Å². The number of hydrogen-bond donors (Lipinski definition) is 2. The molecule has 2 N–H and O–H groups in total. The van der Waals surface area contributed by atoms with Gasteiger partial charge in [-0.1, -0.05) is 36.4 Å². The van der Waals surface area contributed by atoms with E-state index in [2.05, 4.69) is 10.3 Å². The fraction of sp³-hybridized carbons (Fsp3) is 0.150. The topological polar surface area (TPSA) is 88.3 Å². The number of benzene rings is 2. The lowest BCUT2D eigenvalue weighted by atomic mass is 10.1. The van der Waals surface area contributed by atoms with Gasteiger partial charge < -0.3 is 15.0 Å². The van der Waals surface area contributed by atoms with E-state index < -0.39 is 12.0 Å². The summed E-state index contributed by atoms with van der Waals surface area (Å²) in [5, 5.41) is 3.33. The lowest BCUT2D eigenvalue weighted by Crippen LogP contribution is -2.40. The highest BCUT2D eigenvalue weighted by Crippen LogP contribution is 2.18. The minimum Gasteiger partial charge on any atom is -0.456 e. The number of ketones is 1. The van der Waals surface area contributed by atoms with Crippen molar-refractivity contribution in [2.45, 2.75) is 13.0 Å². The largest absolute Gasteiger partial charge is 0.456 e. The maximum Gasteiger partial charge on any atom is 0.328 e. The molecule has 132 valence electrons. The number of hydrogen-bond acceptors (Lipinski definition) is 4. The zero-order valence-electron chi connectivity index (χ0n) is 14.2. The van der Waals surface area contributed by atoms with Crippen LogP contribution in [-0.2, 0) is 9.53 Å². The van der Waals surface area contributed by atoms with Gasteiger partial charge in [-0.05, 0) is 25.1 Å². The molecule has 0 spiro atoms. The van der Waals surface area contributed by atoms with Crippen LogP contribution in [0.4, 0.5) is 0 Å². The predicted octanol–water partition coefficient (Wildman–Crippen LogP) is 2.71. The van der Waals surface area contributed by atoms with Crippen molar-refractivity contribution in [2.75, 3.05) is 6.61 Å². The molecule has 1 amide bonds. The van der Waals surface area contributed by atoms with Gasteiger partial charge in [0.05, 0.1) is 0 Å². The molecule has 6 nitrogen and oxygen atoms in total. The maximum atomic E-state index is 12.3. The van der Waals surface area contributed by atoms with E-state index in [1.54, 1.807) is 36.5 Å². The number of ether oxygens (including phenoxy) is 1. The molecule has 2 aromatic carbocycles. The molecule has 0 aliphatic heterocycles. The first-order chi connectivity index (χ1) is 12.6. The number of fused-ring (bicyclic) bond motifs is 1. The van der Waals surface area contributed by atoms with Crippen molar-refractivity contribution in [2.24, 2.45) is 0 Å². The van der Waals surface area contributed by atoms with Gasteiger partial charge in [0.25, 0.3) is 5.91 Å². The first kappa shape index (κ1) is 17.4.